The number of hydrogen-bond acceptors (Lipinski definition) is 6. The number of amides is 1. The van der Waals surface area contributed by atoms with E-state index in [1.54, 1.807) is 7.11 Å². The summed E-state index contributed by atoms with van der Waals surface area (Å²) in [6.07, 6.45) is 5.31. The van der Waals surface area contributed by atoms with E-state index in [1.165, 1.54) is 12.8 Å². The standard InChI is InChI=1S/C37H41N7O2/c1-21(25-8-6-5-7-9-25)39-22(2)30-14-12-26-16-32(42(36(26)40-30)20-24-10-11-24)35-23(3)43-33(41-35)17-27(18-34(43)46-4)37(45)44-28-13-15-31(44)29(38)19-28/h5-9,12,14,16-18,22,24,28-29,31,39H,1,10-11,13,15,19-20,38H2,2-4H3/t22-,28+,29-,31-/m1/s1. The quantitative estimate of drug-likeness (QED) is 0.208. The Balaban J connectivity index is 1.18. The highest BCUT2D eigenvalue weighted by atomic mass is 16.5. The number of nitrogens with one attached hydrogen (secondary N) is 1. The number of pyridine rings is 2. The van der Waals surface area contributed by atoms with Crippen LogP contribution in [0.5, 0.6) is 5.88 Å². The lowest BCUT2D eigenvalue weighted by Crippen LogP contribution is -2.40. The summed E-state index contributed by atoms with van der Waals surface area (Å²) in [6.45, 7) is 9.34. The number of carbonyl (C=O) groups is 1. The number of aryl methyl sites for hydroxylation is 1. The molecule has 2 saturated heterocycles. The summed E-state index contributed by atoms with van der Waals surface area (Å²) in [5.74, 6) is 1.24. The van der Waals surface area contributed by atoms with Gasteiger partial charge >= 0.3 is 0 Å². The average Bonchev–Trinajstić information content (AvgIpc) is 3.38. The molecule has 3 fully saturated rings. The number of rotatable bonds is 9. The van der Waals surface area contributed by atoms with Crippen LogP contribution in [0.25, 0.3) is 33.8 Å². The fourth-order valence-corrected chi connectivity index (χ4v) is 7.67. The van der Waals surface area contributed by atoms with E-state index in [0.29, 0.717) is 23.0 Å². The number of fused-ring (bicyclic) bond motifs is 4. The van der Waals surface area contributed by atoms with E-state index in [0.717, 1.165) is 70.9 Å². The molecule has 4 atom stereocenters. The Kier molecular flexibility index (Phi) is 6.90. The molecular formula is C37H41N7O2. The minimum Gasteiger partial charge on any atom is -0.482 e. The molecule has 4 aromatic heterocycles. The number of imidazole rings is 1. The van der Waals surface area contributed by atoms with Gasteiger partial charge < -0.3 is 25.3 Å². The molecule has 1 amide bonds. The van der Waals surface area contributed by atoms with Crippen LogP contribution in [0.1, 0.15) is 72.4 Å². The molecule has 3 aliphatic rings. The van der Waals surface area contributed by atoms with Crippen molar-refractivity contribution in [1.29, 1.82) is 0 Å². The molecule has 46 heavy (non-hydrogen) atoms. The lowest BCUT2D eigenvalue weighted by atomic mass is 9.97. The molecular weight excluding hydrogens is 574 g/mol. The van der Waals surface area contributed by atoms with Crippen LogP contribution in [0.2, 0.25) is 0 Å². The van der Waals surface area contributed by atoms with Crippen molar-refractivity contribution in [3.05, 3.63) is 89.8 Å². The number of nitrogens with two attached hydrogens (primary N) is 1. The summed E-state index contributed by atoms with van der Waals surface area (Å²) in [6, 6.07) is 20.7. The molecule has 1 aromatic carbocycles. The highest BCUT2D eigenvalue weighted by Crippen LogP contribution is 2.40. The molecule has 8 rings (SSSR count). The van der Waals surface area contributed by atoms with Crippen LogP contribution in [0, 0.1) is 12.8 Å². The van der Waals surface area contributed by atoms with Gasteiger partial charge in [-0.05, 0) is 81.7 Å². The zero-order valence-corrected chi connectivity index (χ0v) is 26.7. The first-order valence-corrected chi connectivity index (χ1v) is 16.5. The molecule has 0 spiro atoms. The molecule has 2 aliphatic heterocycles. The van der Waals surface area contributed by atoms with Gasteiger partial charge in [0, 0.05) is 47.4 Å². The second kappa shape index (κ2) is 11.0. The fourth-order valence-electron chi connectivity index (χ4n) is 7.67. The van der Waals surface area contributed by atoms with Crippen LogP contribution >= 0.6 is 0 Å². The molecule has 1 saturated carbocycles. The Morgan fingerprint density at radius 3 is 2.57 bits per heavy atom. The summed E-state index contributed by atoms with van der Waals surface area (Å²) < 4.78 is 10.2. The molecule has 2 bridgehead atoms. The molecule has 9 nitrogen and oxygen atoms in total. The van der Waals surface area contributed by atoms with Crippen molar-refractivity contribution in [2.24, 2.45) is 11.7 Å². The van der Waals surface area contributed by atoms with Gasteiger partial charge in [0.2, 0.25) is 0 Å². The van der Waals surface area contributed by atoms with Crippen molar-refractivity contribution >= 4 is 28.3 Å². The predicted octanol–water partition coefficient (Wildman–Crippen LogP) is 6.10. The number of ether oxygens (including phenoxy) is 1. The molecule has 5 aromatic rings. The van der Waals surface area contributed by atoms with Gasteiger partial charge in [-0.15, -0.1) is 0 Å². The topological polar surface area (TPSA) is 103 Å². The van der Waals surface area contributed by atoms with Crippen molar-refractivity contribution < 1.29 is 9.53 Å². The smallest absolute Gasteiger partial charge is 0.254 e. The normalized spacial score (nSPS) is 21.3. The van der Waals surface area contributed by atoms with Gasteiger partial charge in [0.15, 0.2) is 5.88 Å². The second-order valence-electron chi connectivity index (χ2n) is 13.4. The van der Waals surface area contributed by atoms with Gasteiger partial charge in [-0.1, -0.05) is 36.9 Å². The molecule has 6 heterocycles. The maximum absolute atomic E-state index is 13.8. The van der Waals surface area contributed by atoms with E-state index in [1.807, 2.05) is 39.6 Å². The molecule has 0 unspecified atom stereocenters. The van der Waals surface area contributed by atoms with Crippen LogP contribution in [-0.2, 0) is 6.54 Å². The maximum Gasteiger partial charge on any atom is 0.254 e. The maximum atomic E-state index is 13.8. The molecule has 3 N–H and O–H groups in total. The van der Waals surface area contributed by atoms with Crippen LogP contribution in [0.3, 0.4) is 0 Å². The van der Waals surface area contributed by atoms with Crippen LogP contribution in [-0.4, -0.2) is 55.0 Å². The van der Waals surface area contributed by atoms with Gasteiger partial charge in [0.1, 0.15) is 17.0 Å². The third kappa shape index (κ3) is 4.76. The minimum atomic E-state index is -0.0256. The van der Waals surface area contributed by atoms with E-state index in [9.17, 15) is 4.79 Å². The van der Waals surface area contributed by atoms with Crippen molar-refractivity contribution in [3.8, 4) is 17.3 Å². The molecule has 0 radical (unpaired) electrons. The van der Waals surface area contributed by atoms with Crippen molar-refractivity contribution in [1.82, 2.24) is 29.2 Å². The Hall–Kier alpha value is -4.63. The van der Waals surface area contributed by atoms with E-state index in [4.69, 9.17) is 20.4 Å². The highest BCUT2D eigenvalue weighted by molar-refractivity contribution is 5.97. The Morgan fingerprint density at radius 1 is 1.07 bits per heavy atom. The zero-order chi connectivity index (χ0) is 31.7. The van der Waals surface area contributed by atoms with E-state index < -0.39 is 0 Å². The minimum absolute atomic E-state index is 0.0145. The second-order valence-corrected chi connectivity index (χ2v) is 13.4. The number of aromatic nitrogens is 4. The first-order chi connectivity index (χ1) is 22.3. The first-order valence-electron chi connectivity index (χ1n) is 16.5. The summed E-state index contributed by atoms with van der Waals surface area (Å²) in [5, 5.41) is 4.62. The predicted molar refractivity (Wildman–Crippen MR) is 181 cm³/mol. The summed E-state index contributed by atoms with van der Waals surface area (Å²) in [7, 11) is 1.65. The Bertz CT molecular complexity index is 1990. The van der Waals surface area contributed by atoms with Crippen molar-refractivity contribution in [2.45, 2.75) is 76.7 Å². The number of carbonyl (C=O) groups excluding carboxylic acids is 1. The monoisotopic (exact) mass is 615 g/mol. The van der Waals surface area contributed by atoms with Gasteiger partial charge in [-0.25, -0.2) is 9.97 Å². The number of nitrogens with zero attached hydrogens (tertiary/aromatic N) is 5. The van der Waals surface area contributed by atoms with Crippen LogP contribution in [0.15, 0.2) is 67.2 Å². The number of benzene rings is 1. The number of methoxy groups -OCH3 is 1. The fraction of sp³-hybridized carbons (Fsp3) is 0.378. The third-order valence-electron chi connectivity index (χ3n) is 10.3. The van der Waals surface area contributed by atoms with Gasteiger partial charge in [-0.2, -0.15) is 0 Å². The third-order valence-corrected chi connectivity index (χ3v) is 10.3. The lowest BCUT2D eigenvalue weighted by Gasteiger charge is -2.23. The SMILES string of the molecule is C=C(N[C@H](C)c1ccc2cc(-c3nc4cc(C(=O)N5[C@H]6CC[C@@H]5[C@H](N)C6)cc(OC)n4c3C)n(CC3CC3)c2n1)c1ccccc1. The summed E-state index contributed by atoms with van der Waals surface area (Å²) in [4.78, 5) is 26.2. The van der Waals surface area contributed by atoms with E-state index in [2.05, 4.69) is 60.6 Å². The molecule has 1 aliphatic carbocycles. The van der Waals surface area contributed by atoms with Gasteiger partial charge in [-0.3, -0.25) is 9.20 Å². The van der Waals surface area contributed by atoms with Gasteiger partial charge in [0.25, 0.3) is 5.91 Å². The Labute approximate surface area is 269 Å². The highest BCUT2D eigenvalue weighted by Gasteiger charge is 2.47. The average molecular weight is 616 g/mol. The van der Waals surface area contributed by atoms with E-state index >= 15 is 0 Å². The molecule has 236 valence electrons. The van der Waals surface area contributed by atoms with Crippen LogP contribution in [0.4, 0.5) is 0 Å². The zero-order valence-electron chi connectivity index (χ0n) is 26.7. The largest absolute Gasteiger partial charge is 0.482 e. The molecule has 9 heteroatoms. The van der Waals surface area contributed by atoms with E-state index in [-0.39, 0.29) is 30.1 Å². The first kappa shape index (κ1) is 28.8. The number of hydrogen-bond donors (Lipinski definition) is 2. The summed E-state index contributed by atoms with van der Waals surface area (Å²) >= 11 is 0. The summed E-state index contributed by atoms with van der Waals surface area (Å²) in [5.41, 5.74) is 14.4. The Morgan fingerprint density at radius 2 is 1.87 bits per heavy atom. The van der Waals surface area contributed by atoms with Crippen LogP contribution < -0.4 is 15.8 Å². The van der Waals surface area contributed by atoms with Crippen molar-refractivity contribution in [3.63, 3.8) is 0 Å². The lowest BCUT2D eigenvalue weighted by molar-refractivity contribution is 0.0726. The van der Waals surface area contributed by atoms with Crippen molar-refractivity contribution in [2.75, 3.05) is 7.11 Å². The van der Waals surface area contributed by atoms with Gasteiger partial charge in [0.05, 0.1) is 30.2 Å².